The molecule has 1 aliphatic carbocycles. The van der Waals surface area contributed by atoms with Gasteiger partial charge in [-0.05, 0) is 24.8 Å². The van der Waals surface area contributed by atoms with Gasteiger partial charge in [-0.1, -0.05) is 30.3 Å². The molecule has 1 saturated carbocycles. The van der Waals surface area contributed by atoms with Crippen molar-refractivity contribution in [2.24, 2.45) is 0 Å². The summed E-state index contributed by atoms with van der Waals surface area (Å²) in [5.74, 6) is 0.125. The van der Waals surface area contributed by atoms with Crippen molar-refractivity contribution < 1.29 is 16.8 Å². The van der Waals surface area contributed by atoms with Crippen molar-refractivity contribution in [3.63, 3.8) is 0 Å². The Morgan fingerprint density at radius 3 is 2.52 bits per heavy atom. The summed E-state index contributed by atoms with van der Waals surface area (Å²) in [5.41, 5.74) is 1.03. The maximum Gasteiger partial charge on any atom is 0.215 e. The standard InChI is InChI=1S/C14H19NO4S2/c16-20(17)8-4-7-12(10-20)15-21(18,19)14-9-13(14)11-5-2-1-3-6-11/h1-3,5-6,12-15H,4,7-10H2/t12?,13-,14+/m1/s1. The minimum atomic E-state index is -3.45. The Kier molecular flexibility index (Phi) is 3.83. The fraction of sp³-hybridized carbons (Fsp3) is 0.571. The van der Waals surface area contributed by atoms with E-state index in [1.165, 1.54) is 0 Å². The van der Waals surface area contributed by atoms with Crippen LogP contribution < -0.4 is 4.72 Å². The molecule has 21 heavy (non-hydrogen) atoms. The number of hydrogen-bond acceptors (Lipinski definition) is 4. The van der Waals surface area contributed by atoms with Crippen LogP contribution >= 0.6 is 0 Å². The molecule has 0 radical (unpaired) electrons. The van der Waals surface area contributed by atoms with Crippen LogP contribution in [0.1, 0.15) is 30.7 Å². The molecule has 2 fully saturated rings. The molecule has 1 aromatic carbocycles. The SMILES string of the molecule is O=S1(=O)CCCC(NS(=O)(=O)[C@H]2C[C@@H]2c2ccccc2)C1. The Labute approximate surface area is 125 Å². The molecule has 3 rings (SSSR count). The first-order chi connectivity index (χ1) is 9.87. The average molecular weight is 329 g/mol. The van der Waals surface area contributed by atoms with Crippen molar-refractivity contribution in [2.45, 2.75) is 36.5 Å². The summed E-state index contributed by atoms with van der Waals surface area (Å²) in [6.07, 6.45) is 1.74. The Bertz CT molecular complexity index is 713. The largest absolute Gasteiger partial charge is 0.229 e. The molecule has 0 amide bonds. The van der Waals surface area contributed by atoms with Gasteiger partial charge in [-0.15, -0.1) is 0 Å². The minimum Gasteiger partial charge on any atom is -0.229 e. The van der Waals surface area contributed by atoms with Crippen LogP contribution in [0.15, 0.2) is 30.3 Å². The number of sulfone groups is 1. The fourth-order valence-electron chi connectivity index (χ4n) is 3.00. The number of benzene rings is 1. The minimum absolute atomic E-state index is 0.0314. The molecule has 0 spiro atoms. The second-order valence-corrected chi connectivity index (χ2v) is 10.1. The zero-order valence-corrected chi connectivity index (χ0v) is 13.2. The van der Waals surface area contributed by atoms with E-state index in [4.69, 9.17) is 0 Å². The predicted molar refractivity (Wildman–Crippen MR) is 81.3 cm³/mol. The maximum atomic E-state index is 12.3. The van der Waals surface area contributed by atoms with Gasteiger partial charge in [0.1, 0.15) is 0 Å². The molecular weight excluding hydrogens is 310 g/mol. The normalized spacial score (nSPS) is 31.7. The van der Waals surface area contributed by atoms with Crippen LogP contribution in [0.3, 0.4) is 0 Å². The third-order valence-corrected chi connectivity index (χ3v) is 7.95. The number of rotatable bonds is 4. The van der Waals surface area contributed by atoms with Gasteiger partial charge in [-0.2, -0.15) is 0 Å². The van der Waals surface area contributed by atoms with E-state index in [1.807, 2.05) is 30.3 Å². The van der Waals surface area contributed by atoms with Crippen LogP contribution in [0.2, 0.25) is 0 Å². The Morgan fingerprint density at radius 1 is 1.14 bits per heavy atom. The molecule has 0 bridgehead atoms. The van der Waals surface area contributed by atoms with E-state index < -0.39 is 31.2 Å². The summed E-state index contributed by atoms with van der Waals surface area (Å²) in [7, 11) is -6.55. The van der Waals surface area contributed by atoms with Crippen LogP contribution in [-0.2, 0) is 19.9 Å². The molecule has 1 aromatic rings. The highest BCUT2D eigenvalue weighted by Crippen LogP contribution is 2.45. The van der Waals surface area contributed by atoms with Gasteiger partial charge < -0.3 is 0 Å². The van der Waals surface area contributed by atoms with Gasteiger partial charge >= 0.3 is 0 Å². The highest BCUT2D eigenvalue weighted by Gasteiger charge is 2.48. The van der Waals surface area contributed by atoms with E-state index in [2.05, 4.69) is 4.72 Å². The molecule has 5 nitrogen and oxygen atoms in total. The molecule has 116 valence electrons. The van der Waals surface area contributed by atoms with Gasteiger partial charge in [-0.3, -0.25) is 0 Å². The highest BCUT2D eigenvalue weighted by molar-refractivity contribution is 7.92. The lowest BCUT2D eigenvalue weighted by Crippen LogP contribution is -2.44. The first kappa shape index (κ1) is 15.0. The van der Waals surface area contributed by atoms with Gasteiger partial charge in [0.25, 0.3) is 0 Å². The van der Waals surface area contributed by atoms with Gasteiger partial charge in [0.05, 0.1) is 16.8 Å². The molecule has 1 heterocycles. The summed E-state index contributed by atoms with van der Waals surface area (Å²) in [6, 6.07) is 9.11. The zero-order valence-electron chi connectivity index (χ0n) is 11.6. The van der Waals surface area contributed by atoms with E-state index in [9.17, 15) is 16.8 Å². The smallest absolute Gasteiger partial charge is 0.215 e. The molecule has 3 atom stereocenters. The van der Waals surface area contributed by atoms with Gasteiger partial charge in [0.15, 0.2) is 9.84 Å². The monoisotopic (exact) mass is 329 g/mol. The Balaban J connectivity index is 1.66. The van der Waals surface area contributed by atoms with Crippen molar-refractivity contribution in [1.82, 2.24) is 4.72 Å². The topological polar surface area (TPSA) is 80.3 Å². The molecule has 7 heteroatoms. The lowest BCUT2D eigenvalue weighted by Gasteiger charge is -2.22. The summed E-state index contributed by atoms with van der Waals surface area (Å²) in [5, 5.41) is -0.426. The van der Waals surface area contributed by atoms with Crippen molar-refractivity contribution in [2.75, 3.05) is 11.5 Å². The molecule has 0 aromatic heterocycles. The summed E-state index contributed by atoms with van der Waals surface area (Å²) >= 11 is 0. The predicted octanol–water partition coefficient (Wildman–Crippen LogP) is 1.04. The third-order valence-electron chi connectivity index (χ3n) is 4.15. The van der Waals surface area contributed by atoms with Crippen molar-refractivity contribution in [1.29, 1.82) is 0 Å². The quantitative estimate of drug-likeness (QED) is 0.895. The number of hydrogen-bond donors (Lipinski definition) is 1. The van der Waals surface area contributed by atoms with Gasteiger partial charge in [0, 0.05) is 12.0 Å². The second-order valence-electron chi connectivity index (χ2n) is 5.91. The van der Waals surface area contributed by atoms with Crippen LogP contribution in [0.4, 0.5) is 0 Å². The molecule has 1 aliphatic heterocycles. The van der Waals surface area contributed by atoms with Crippen LogP contribution in [-0.4, -0.2) is 39.6 Å². The first-order valence-corrected chi connectivity index (χ1v) is 10.5. The summed E-state index contributed by atoms with van der Waals surface area (Å²) in [6.45, 7) is 0. The Morgan fingerprint density at radius 2 is 1.86 bits per heavy atom. The molecular formula is C14H19NO4S2. The van der Waals surface area contributed by atoms with Crippen molar-refractivity contribution in [3.05, 3.63) is 35.9 Å². The summed E-state index contributed by atoms with van der Waals surface area (Å²) in [4.78, 5) is 0. The summed E-state index contributed by atoms with van der Waals surface area (Å²) < 4.78 is 50.5. The van der Waals surface area contributed by atoms with Crippen LogP contribution in [0.25, 0.3) is 0 Å². The van der Waals surface area contributed by atoms with Gasteiger partial charge in [-0.25, -0.2) is 21.6 Å². The third kappa shape index (κ3) is 3.46. The lowest BCUT2D eigenvalue weighted by atomic mass is 10.1. The molecule has 1 saturated heterocycles. The van der Waals surface area contributed by atoms with Crippen LogP contribution in [0, 0.1) is 0 Å². The Hall–Kier alpha value is -0.920. The fourth-order valence-corrected chi connectivity index (χ4v) is 6.63. The number of sulfonamides is 1. The van der Waals surface area contributed by atoms with E-state index in [1.54, 1.807) is 0 Å². The molecule has 1 N–H and O–H groups in total. The lowest BCUT2D eigenvalue weighted by molar-refractivity contribution is 0.516. The zero-order chi connectivity index (χ0) is 15.1. The van der Waals surface area contributed by atoms with Crippen molar-refractivity contribution in [3.8, 4) is 0 Å². The van der Waals surface area contributed by atoms with E-state index in [0.717, 1.165) is 5.56 Å². The maximum absolute atomic E-state index is 12.3. The average Bonchev–Trinajstić information content (AvgIpc) is 3.19. The van der Waals surface area contributed by atoms with Crippen LogP contribution in [0.5, 0.6) is 0 Å². The number of nitrogens with one attached hydrogen (secondary N) is 1. The van der Waals surface area contributed by atoms with E-state index >= 15 is 0 Å². The molecule has 2 aliphatic rings. The highest BCUT2D eigenvalue weighted by atomic mass is 32.2. The van der Waals surface area contributed by atoms with Gasteiger partial charge in [0.2, 0.25) is 10.0 Å². The molecule has 1 unspecified atom stereocenters. The second kappa shape index (κ2) is 5.37. The first-order valence-electron chi connectivity index (χ1n) is 7.14. The van der Waals surface area contributed by atoms with E-state index in [0.29, 0.717) is 19.3 Å². The van der Waals surface area contributed by atoms with E-state index in [-0.39, 0.29) is 17.4 Å². The van der Waals surface area contributed by atoms with Crippen molar-refractivity contribution >= 4 is 19.9 Å².